The fourth-order valence-electron chi connectivity index (χ4n) is 1.47. The zero-order valence-electron chi connectivity index (χ0n) is 7.88. The number of aromatic amines is 1. The molecule has 0 atom stereocenters. The van der Waals surface area contributed by atoms with Crippen molar-refractivity contribution < 1.29 is 0 Å². The van der Waals surface area contributed by atoms with Gasteiger partial charge in [0.15, 0.2) is 0 Å². The third-order valence-electron chi connectivity index (χ3n) is 2.19. The Bertz CT molecular complexity index is 443. The van der Waals surface area contributed by atoms with E-state index in [4.69, 9.17) is 17.0 Å². The minimum atomic E-state index is -0.403. The van der Waals surface area contributed by atoms with Crippen LogP contribution in [0.2, 0.25) is 5.02 Å². The maximum Gasteiger partial charge on any atom is 0.285 e. The number of hydrogen-bond acceptors (Lipinski definition) is 4. The van der Waals surface area contributed by atoms with E-state index >= 15 is 0 Å². The molecule has 0 aromatic carbocycles. The average molecular weight is 228 g/mol. The number of piperazine rings is 1. The highest BCUT2D eigenvalue weighted by Crippen LogP contribution is 2.20. The predicted octanol–water partition coefficient (Wildman–Crippen LogP) is -0.190. The molecule has 2 heterocycles. The Hall–Kier alpha value is -1.56. The molecule has 15 heavy (non-hydrogen) atoms. The van der Waals surface area contributed by atoms with Crippen LogP contribution >= 0.6 is 11.6 Å². The van der Waals surface area contributed by atoms with E-state index in [-0.39, 0.29) is 5.02 Å². The molecule has 1 saturated heterocycles. The summed E-state index contributed by atoms with van der Waals surface area (Å²) in [6.45, 7) is 1.79. The summed E-state index contributed by atoms with van der Waals surface area (Å²) in [7, 11) is 0. The highest BCUT2D eigenvalue weighted by Gasteiger charge is 2.18. The second-order valence-corrected chi connectivity index (χ2v) is 3.60. The zero-order valence-corrected chi connectivity index (χ0v) is 8.64. The number of anilines is 1. The summed E-state index contributed by atoms with van der Waals surface area (Å²) >= 11 is 5.86. The van der Waals surface area contributed by atoms with E-state index in [1.807, 2.05) is 4.90 Å². The van der Waals surface area contributed by atoms with Gasteiger partial charge in [-0.3, -0.25) is 10.2 Å². The molecule has 0 saturated carbocycles. The molecule has 7 heteroatoms. The van der Waals surface area contributed by atoms with Crippen molar-refractivity contribution in [3.63, 3.8) is 0 Å². The molecular formula is C8H10ClN5O. The summed E-state index contributed by atoms with van der Waals surface area (Å²) in [4.78, 5) is 13.1. The van der Waals surface area contributed by atoms with Crippen molar-refractivity contribution in [2.45, 2.75) is 0 Å². The molecule has 80 valence electrons. The van der Waals surface area contributed by atoms with Gasteiger partial charge in [-0.2, -0.15) is 5.10 Å². The average Bonchev–Trinajstić information content (AvgIpc) is 2.22. The highest BCUT2D eigenvalue weighted by atomic mass is 35.5. The van der Waals surface area contributed by atoms with E-state index in [0.717, 1.165) is 0 Å². The highest BCUT2D eigenvalue weighted by molar-refractivity contribution is 6.33. The van der Waals surface area contributed by atoms with E-state index in [9.17, 15) is 4.79 Å². The molecule has 1 aliphatic heterocycles. The Morgan fingerprint density at radius 2 is 2.40 bits per heavy atom. The smallest absolute Gasteiger partial charge is 0.285 e. The third-order valence-corrected chi connectivity index (χ3v) is 2.55. The lowest BCUT2D eigenvalue weighted by Gasteiger charge is -2.30. The Labute approximate surface area is 90.8 Å². The first-order chi connectivity index (χ1) is 7.18. The number of amidine groups is 1. The fourth-order valence-corrected chi connectivity index (χ4v) is 1.68. The second-order valence-electron chi connectivity index (χ2n) is 3.23. The van der Waals surface area contributed by atoms with Gasteiger partial charge in [-0.15, -0.1) is 0 Å². The first-order valence-corrected chi connectivity index (χ1v) is 4.85. The molecule has 1 aromatic rings. The van der Waals surface area contributed by atoms with Crippen LogP contribution in [0.4, 0.5) is 5.69 Å². The minimum Gasteiger partial charge on any atom is -0.371 e. The maximum absolute atomic E-state index is 11.2. The van der Waals surface area contributed by atoms with Gasteiger partial charge in [-0.25, -0.2) is 5.10 Å². The molecule has 3 N–H and O–H groups in total. The quantitative estimate of drug-likeness (QED) is 0.621. The number of aromatic nitrogens is 2. The Kier molecular flexibility index (Phi) is 2.59. The van der Waals surface area contributed by atoms with E-state index < -0.39 is 5.56 Å². The van der Waals surface area contributed by atoms with Crippen LogP contribution in [0.25, 0.3) is 0 Å². The van der Waals surface area contributed by atoms with Gasteiger partial charge in [0.1, 0.15) is 10.9 Å². The lowest BCUT2D eigenvalue weighted by atomic mass is 10.3. The standard InChI is InChI=1S/C8H10ClN5O/c9-7-5(3-12-13-8(7)15)14-2-1-11-6(10)4-14/h3H,1-2,4H2,(H2,10,11)(H,13,15). The van der Waals surface area contributed by atoms with Gasteiger partial charge in [0, 0.05) is 13.1 Å². The van der Waals surface area contributed by atoms with Crippen LogP contribution in [0.1, 0.15) is 0 Å². The number of rotatable bonds is 1. The largest absolute Gasteiger partial charge is 0.371 e. The number of halogens is 1. The number of H-pyrrole nitrogens is 1. The number of nitrogens with one attached hydrogen (secondary N) is 3. The van der Waals surface area contributed by atoms with Crippen molar-refractivity contribution in [2.75, 3.05) is 24.5 Å². The molecule has 0 bridgehead atoms. The van der Waals surface area contributed by atoms with Crippen molar-refractivity contribution in [1.82, 2.24) is 15.5 Å². The number of nitrogens with zero attached hydrogens (tertiary/aromatic N) is 2. The summed E-state index contributed by atoms with van der Waals surface area (Å²) in [5.41, 5.74) is 0.172. The second kappa shape index (κ2) is 3.90. The molecule has 0 radical (unpaired) electrons. The molecule has 0 amide bonds. The molecular weight excluding hydrogens is 218 g/mol. The first-order valence-electron chi connectivity index (χ1n) is 4.48. The van der Waals surface area contributed by atoms with Gasteiger partial charge in [0.25, 0.3) is 5.56 Å². The van der Waals surface area contributed by atoms with Gasteiger partial charge < -0.3 is 10.2 Å². The van der Waals surface area contributed by atoms with Crippen molar-refractivity contribution in [2.24, 2.45) is 0 Å². The lowest BCUT2D eigenvalue weighted by Crippen LogP contribution is -2.47. The van der Waals surface area contributed by atoms with Gasteiger partial charge in [0.2, 0.25) is 0 Å². The topological polar surface area (TPSA) is 84.9 Å². The monoisotopic (exact) mass is 227 g/mol. The number of hydrogen-bond donors (Lipinski definition) is 3. The molecule has 0 aliphatic carbocycles. The Morgan fingerprint density at radius 3 is 3.13 bits per heavy atom. The molecule has 1 aromatic heterocycles. The molecule has 0 unspecified atom stereocenters. The molecule has 1 aliphatic rings. The molecule has 2 rings (SSSR count). The fraction of sp³-hybridized carbons (Fsp3) is 0.375. The SMILES string of the molecule is N=C1CN(c2cn[nH]c(=O)c2Cl)CCN1. The van der Waals surface area contributed by atoms with Crippen LogP contribution in [0.15, 0.2) is 11.0 Å². The summed E-state index contributed by atoms with van der Waals surface area (Å²) in [6, 6.07) is 0. The summed E-state index contributed by atoms with van der Waals surface area (Å²) in [5.74, 6) is 0.414. The van der Waals surface area contributed by atoms with Crippen LogP contribution in [-0.4, -0.2) is 35.7 Å². The zero-order chi connectivity index (χ0) is 10.8. The summed E-state index contributed by atoms with van der Waals surface area (Å²) < 4.78 is 0. The van der Waals surface area contributed by atoms with Crippen molar-refractivity contribution in [1.29, 1.82) is 5.41 Å². The van der Waals surface area contributed by atoms with Crippen LogP contribution < -0.4 is 15.8 Å². The maximum atomic E-state index is 11.2. The van der Waals surface area contributed by atoms with Gasteiger partial charge in [-0.05, 0) is 0 Å². The predicted molar refractivity (Wildman–Crippen MR) is 57.8 cm³/mol. The van der Waals surface area contributed by atoms with E-state index in [0.29, 0.717) is 31.2 Å². The van der Waals surface area contributed by atoms with Crippen LogP contribution in [0, 0.1) is 5.41 Å². The van der Waals surface area contributed by atoms with Crippen molar-refractivity contribution >= 4 is 23.1 Å². The van der Waals surface area contributed by atoms with Crippen molar-refractivity contribution in [3.8, 4) is 0 Å². The minimum absolute atomic E-state index is 0.125. The third kappa shape index (κ3) is 1.94. The van der Waals surface area contributed by atoms with Crippen LogP contribution in [0.5, 0.6) is 0 Å². The van der Waals surface area contributed by atoms with E-state index in [2.05, 4.69) is 15.5 Å². The van der Waals surface area contributed by atoms with Gasteiger partial charge in [0.05, 0.1) is 18.4 Å². The summed E-state index contributed by atoms with van der Waals surface area (Å²) in [5, 5.41) is 16.5. The Morgan fingerprint density at radius 1 is 1.60 bits per heavy atom. The van der Waals surface area contributed by atoms with E-state index in [1.165, 1.54) is 6.20 Å². The lowest BCUT2D eigenvalue weighted by molar-refractivity contribution is 0.736. The van der Waals surface area contributed by atoms with Crippen LogP contribution in [0.3, 0.4) is 0 Å². The summed E-state index contributed by atoms with van der Waals surface area (Å²) in [6.07, 6.45) is 1.50. The normalized spacial score (nSPS) is 16.3. The molecule has 6 nitrogen and oxygen atoms in total. The van der Waals surface area contributed by atoms with Gasteiger partial charge in [-0.1, -0.05) is 11.6 Å². The van der Waals surface area contributed by atoms with Crippen molar-refractivity contribution in [3.05, 3.63) is 21.6 Å². The molecule has 0 spiro atoms. The Balaban J connectivity index is 2.32. The van der Waals surface area contributed by atoms with Crippen LogP contribution in [-0.2, 0) is 0 Å². The molecule has 1 fully saturated rings. The van der Waals surface area contributed by atoms with Gasteiger partial charge >= 0.3 is 0 Å². The van der Waals surface area contributed by atoms with E-state index in [1.54, 1.807) is 0 Å². The first kappa shape index (κ1) is 9.97.